The van der Waals surface area contributed by atoms with Gasteiger partial charge in [-0.1, -0.05) is 36.4 Å². The molecule has 34 heavy (non-hydrogen) atoms. The second-order valence-electron chi connectivity index (χ2n) is 8.36. The predicted molar refractivity (Wildman–Crippen MR) is 126 cm³/mol. The highest BCUT2D eigenvalue weighted by molar-refractivity contribution is 5.81. The third-order valence-corrected chi connectivity index (χ3v) is 6.49. The van der Waals surface area contributed by atoms with Crippen LogP contribution in [0.1, 0.15) is 40.8 Å². The zero-order valence-corrected chi connectivity index (χ0v) is 19.3. The van der Waals surface area contributed by atoms with Crippen molar-refractivity contribution in [3.63, 3.8) is 0 Å². The molecule has 1 aliphatic rings. The van der Waals surface area contributed by atoms with Crippen LogP contribution in [0.4, 0.5) is 8.78 Å². The quantitative estimate of drug-likeness (QED) is 0.521. The van der Waals surface area contributed by atoms with E-state index < -0.39 is 23.6 Å². The number of nitrogens with two attached hydrogens (primary N) is 1. The third-order valence-electron chi connectivity index (χ3n) is 6.49. The number of amides is 1. The minimum Gasteiger partial charge on any atom is -0.493 e. The number of nitrogens with zero attached hydrogens (tertiary/aromatic N) is 1. The van der Waals surface area contributed by atoms with Crippen molar-refractivity contribution in [1.29, 1.82) is 0 Å². The van der Waals surface area contributed by atoms with Crippen molar-refractivity contribution in [3.8, 4) is 11.5 Å². The molecular formula is C27H28F2N2O3. The number of benzene rings is 3. The van der Waals surface area contributed by atoms with Gasteiger partial charge in [-0.05, 0) is 60.2 Å². The molecule has 0 bridgehead atoms. The summed E-state index contributed by atoms with van der Waals surface area (Å²) in [6.07, 6.45) is 1.21. The number of carbonyl (C=O) groups excluding carboxylic acids is 1. The Morgan fingerprint density at radius 3 is 2.29 bits per heavy atom. The van der Waals surface area contributed by atoms with Crippen molar-refractivity contribution in [2.75, 3.05) is 20.8 Å². The van der Waals surface area contributed by atoms with Gasteiger partial charge in [0.15, 0.2) is 11.5 Å². The average Bonchev–Trinajstić information content (AvgIpc) is 2.84. The number of ether oxygens (including phenoxy) is 2. The predicted octanol–water partition coefficient (Wildman–Crippen LogP) is 4.74. The molecule has 2 atom stereocenters. The first kappa shape index (κ1) is 23.7. The van der Waals surface area contributed by atoms with Gasteiger partial charge in [-0.3, -0.25) is 9.69 Å². The zero-order valence-electron chi connectivity index (χ0n) is 19.3. The number of primary amides is 1. The van der Waals surface area contributed by atoms with E-state index in [4.69, 9.17) is 15.2 Å². The summed E-state index contributed by atoms with van der Waals surface area (Å²) in [6.45, 7) is 0.551. The lowest BCUT2D eigenvalue weighted by molar-refractivity contribution is -0.124. The van der Waals surface area contributed by atoms with Crippen LogP contribution in [0, 0.1) is 11.6 Å². The smallest absolute Gasteiger partial charge is 0.239 e. The molecule has 3 aromatic carbocycles. The molecule has 0 saturated carbocycles. The molecule has 0 saturated heterocycles. The maximum absolute atomic E-state index is 14.4. The van der Waals surface area contributed by atoms with E-state index in [1.807, 2.05) is 47.4 Å². The summed E-state index contributed by atoms with van der Waals surface area (Å²) in [6, 6.07) is 16.0. The standard InChI is InChI=1S/C27H28F2N2O3/c1-33-24-15-18-13-14-31(26(27(30)32)17-7-4-3-5-8-17)23(20(18)16-25(24)34-2)12-11-19-21(28)9-6-10-22(19)29/h3-10,15-16,23,26H,11-14H2,1-2H3,(H2,30,32)/t23-,26+/m0/s1. The molecule has 1 heterocycles. The monoisotopic (exact) mass is 466 g/mol. The van der Waals surface area contributed by atoms with Crippen LogP contribution in [0.15, 0.2) is 60.7 Å². The molecule has 0 radical (unpaired) electrons. The fraction of sp³-hybridized carbons (Fsp3) is 0.296. The summed E-state index contributed by atoms with van der Waals surface area (Å²) in [7, 11) is 3.14. The van der Waals surface area contributed by atoms with Gasteiger partial charge >= 0.3 is 0 Å². The summed E-state index contributed by atoms with van der Waals surface area (Å²) >= 11 is 0. The summed E-state index contributed by atoms with van der Waals surface area (Å²) in [4.78, 5) is 14.7. The van der Waals surface area contributed by atoms with Crippen LogP contribution in [0.5, 0.6) is 11.5 Å². The number of methoxy groups -OCH3 is 2. The minimum atomic E-state index is -0.682. The second-order valence-corrected chi connectivity index (χ2v) is 8.36. The molecule has 178 valence electrons. The van der Waals surface area contributed by atoms with E-state index in [1.54, 1.807) is 14.2 Å². The lowest BCUT2D eigenvalue weighted by atomic mass is 9.86. The van der Waals surface area contributed by atoms with Gasteiger partial charge in [0, 0.05) is 18.2 Å². The molecule has 0 aromatic heterocycles. The zero-order chi connectivity index (χ0) is 24.2. The Morgan fingerprint density at radius 2 is 1.68 bits per heavy atom. The largest absolute Gasteiger partial charge is 0.493 e. The Bertz CT molecular complexity index is 1150. The SMILES string of the molecule is COc1cc2c(cc1OC)[C@H](CCc1c(F)cccc1F)N([C@@H](C(N)=O)c1ccccc1)CC2. The Hall–Kier alpha value is -3.45. The molecule has 5 nitrogen and oxygen atoms in total. The second kappa shape index (κ2) is 10.2. The van der Waals surface area contributed by atoms with Crippen LogP contribution in [-0.2, 0) is 17.6 Å². The average molecular weight is 467 g/mol. The molecule has 7 heteroatoms. The van der Waals surface area contributed by atoms with Crippen molar-refractivity contribution >= 4 is 5.91 Å². The van der Waals surface area contributed by atoms with E-state index in [1.165, 1.54) is 18.2 Å². The molecule has 1 amide bonds. The molecule has 0 fully saturated rings. The van der Waals surface area contributed by atoms with Gasteiger partial charge in [0.05, 0.1) is 14.2 Å². The first-order valence-corrected chi connectivity index (χ1v) is 11.2. The summed E-state index contributed by atoms with van der Waals surface area (Å²) < 4.78 is 39.8. The molecule has 0 spiro atoms. The number of hydrogen-bond acceptors (Lipinski definition) is 4. The number of carbonyl (C=O) groups is 1. The number of hydrogen-bond donors (Lipinski definition) is 1. The first-order chi connectivity index (χ1) is 16.4. The van der Waals surface area contributed by atoms with Crippen molar-refractivity contribution in [2.24, 2.45) is 5.73 Å². The molecule has 1 aliphatic heterocycles. The van der Waals surface area contributed by atoms with Gasteiger partial charge in [0.25, 0.3) is 0 Å². The molecule has 4 rings (SSSR count). The van der Waals surface area contributed by atoms with Crippen molar-refractivity contribution in [3.05, 3.63) is 94.6 Å². The molecular weight excluding hydrogens is 438 g/mol. The maximum Gasteiger partial charge on any atom is 0.239 e. The van der Waals surface area contributed by atoms with Crippen molar-refractivity contribution in [2.45, 2.75) is 31.3 Å². The maximum atomic E-state index is 14.4. The van der Waals surface area contributed by atoms with Crippen LogP contribution < -0.4 is 15.2 Å². The normalized spacial score (nSPS) is 16.5. The van der Waals surface area contributed by atoms with E-state index >= 15 is 0 Å². The number of rotatable bonds is 8. The molecule has 3 aromatic rings. The fourth-order valence-corrected chi connectivity index (χ4v) is 4.88. The van der Waals surface area contributed by atoms with Gasteiger partial charge in [0.1, 0.15) is 17.7 Å². The molecule has 0 unspecified atom stereocenters. The summed E-state index contributed by atoms with van der Waals surface area (Å²) in [5.74, 6) is -0.463. The van der Waals surface area contributed by atoms with Crippen LogP contribution in [0.3, 0.4) is 0 Å². The Kier molecular flexibility index (Phi) is 7.12. The lowest BCUT2D eigenvalue weighted by Crippen LogP contribution is -2.44. The topological polar surface area (TPSA) is 64.8 Å². The molecule has 0 aliphatic carbocycles. The number of halogens is 2. The fourth-order valence-electron chi connectivity index (χ4n) is 4.88. The van der Waals surface area contributed by atoms with E-state index in [2.05, 4.69) is 0 Å². The van der Waals surface area contributed by atoms with Crippen molar-refractivity contribution in [1.82, 2.24) is 4.90 Å². The van der Waals surface area contributed by atoms with Gasteiger partial charge in [-0.15, -0.1) is 0 Å². The lowest BCUT2D eigenvalue weighted by Gasteiger charge is -2.41. The Morgan fingerprint density at radius 1 is 1.03 bits per heavy atom. The number of fused-ring (bicyclic) bond motifs is 1. The summed E-state index contributed by atoms with van der Waals surface area (Å²) in [5.41, 5.74) is 8.68. The highest BCUT2D eigenvalue weighted by Gasteiger charge is 2.36. The van der Waals surface area contributed by atoms with E-state index in [0.717, 1.165) is 16.7 Å². The van der Waals surface area contributed by atoms with Crippen molar-refractivity contribution < 1.29 is 23.0 Å². The van der Waals surface area contributed by atoms with E-state index in [-0.39, 0.29) is 18.0 Å². The van der Waals surface area contributed by atoms with Gasteiger partial charge in [0.2, 0.25) is 5.91 Å². The third kappa shape index (κ3) is 4.61. The van der Waals surface area contributed by atoms with Crippen LogP contribution in [-0.4, -0.2) is 31.6 Å². The Labute approximate surface area is 198 Å². The van der Waals surface area contributed by atoms with Crippen LogP contribution in [0.2, 0.25) is 0 Å². The van der Waals surface area contributed by atoms with Gasteiger partial charge < -0.3 is 15.2 Å². The highest BCUT2D eigenvalue weighted by Crippen LogP contribution is 2.43. The summed E-state index contributed by atoms with van der Waals surface area (Å²) in [5, 5.41) is 0. The van der Waals surface area contributed by atoms with Crippen LogP contribution in [0.25, 0.3) is 0 Å². The van der Waals surface area contributed by atoms with Gasteiger partial charge in [-0.25, -0.2) is 8.78 Å². The van der Waals surface area contributed by atoms with E-state index in [0.29, 0.717) is 30.9 Å². The van der Waals surface area contributed by atoms with Gasteiger partial charge in [-0.2, -0.15) is 0 Å². The Balaban J connectivity index is 1.78. The first-order valence-electron chi connectivity index (χ1n) is 11.2. The van der Waals surface area contributed by atoms with E-state index in [9.17, 15) is 13.6 Å². The highest BCUT2D eigenvalue weighted by atomic mass is 19.1. The van der Waals surface area contributed by atoms with Crippen LogP contribution >= 0.6 is 0 Å². The molecule has 2 N–H and O–H groups in total. The minimum absolute atomic E-state index is 0.0328.